The van der Waals surface area contributed by atoms with E-state index >= 15 is 0 Å². The van der Waals surface area contributed by atoms with E-state index in [0.717, 1.165) is 107 Å². The number of likely N-dealkylation sites (tertiary alicyclic amines) is 1. The first-order valence-electron chi connectivity index (χ1n) is 20.5. The summed E-state index contributed by atoms with van der Waals surface area (Å²) in [6.45, 7) is 8.49. The number of pyridine rings is 1. The van der Waals surface area contributed by atoms with E-state index in [0.29, 0.717) is 28.8 Å². The molecule has 0 atom stereocenters. The molecule has 4 aliphatic rings. The number of hydrogen-bond acceptors (Lipinski definition) is 10. The number of unbranched alkanes of at least 4 members (excludes halogenated alkanes) is 1. The van der Waals surface area contributed by atoms with Crippen LogP contribution >= 0.6 is 0 Å². The number of hydrogen-bond donors (Lipinski definition) is 3. The fourth-order valence-corrected chi connectivity index (χ4v) is 9.08. The number of carbonyl (C=O) groups excluding carboxylic acids is 1. The summed E-state index contributed by atoms with van der Waals surface area (Å²) in [5.74, 6) is 6.18. The molecule has 0 saturated carbocycles. The Bertz CT molecular complexity index is 2230. The number of aromatic nitrogens is 3. The first kappa shape index (κ1) is 38.4. The number of piperidine rings is 1. The first-order valence-corrected chi connectivity index (χ1v) is 20.5. The Morgan fingerprint density at radius 1 is 1.02 bits per heavy atom. The Morgan fingerprint density at radius 2 is 1.77 bits per heavy atom. The Labute approximate surface area is 335 Å². The molecule has 0 radical (unpaired) electrons. The highest BCUT2D eigenvalue weighted by molar-refractivity contribution is 5.93. The Kier molecular flexibility index (Phi) is 10.9. The van der Waals surface area contributed by atoms with Crippen molar-refractivity contribution in [3.8, 4) is 35.0 Å². The summed E-state index contributed by atoms with van der Waals surface area (Å²) in [5.41, 5.74) is 16.4. The van der Waals surface area contributed by atoms with Crippen molar-refractivity contribution in [2.45, 2.75) is 96.7 Å². The van der Waals surface area contributed by atoms with Crippen LogP contribution < -0.4 is 20.7 Å². The van der Waals surface area contributed by atoms with Crippen molar-refractivity contribution in [3.63, 3.8) is 0 Å². The van der Waals surface area contributed by atoms with Crippen molar-refractivity contribution in [1.82, 2.24) is 19.9 Å². The number of aryl methyl sites for hydroxylation is 2. The number of nitriles is 1. The van der Waals surface area contributed by atoms with E-state index in [1.807, 2.05) is 24.3 Å². The van der Waals surface area contributed by atoms with Gasteiger partial charge in [-0.3, -0.25) is 4.79 Å². The van der Waals surface area contributed by atoms with Gasteiger partial charge in [-0.1, -0.05) is 18.1 Å². The predicted octanol–water partition coefficient (Wildman–Crippen LogP) is 6.38. The molecule has 2 aliphatic heterocycles. The maximum atomic E-state index is 13.0. The number of nitrogen functional groups attached to an aromatic ring is 1. The zero-order chi connectivity index (χ0) is 39.6. The molecule has 0 unspecified atom stereocenters. The molecule has 11 heteroatoms. The van der Waals surface area contributed by atoms with Crippen LogP contribution in [0.4, 0.5) is 17.2 Å². The third-order valence-corrected chi connectivity index (χ3v) is 12.0. The SMILES string of the molecule is CC(C)(O)C#Cc1cc(COc2nc(-c3ccc(N4CCC5(CC4)CN(CCCCC(=O)Nc4c6c(cc7c4CCC7)CCC6)C5)c(C#N)c3)cnc2N)ccn1. The molecular weight excluding hydrogens is 713 g/mol. The van der Waals surface area contributed by atoms with Gasteiger partial charge in [0, 0.05) is 50.0 Å². The van der Waals surface area contributed by atoms with Crippen molar-refractivity contribution in [1.29, 1.82) is 5.26 Å². The standard InChI is InChI=1S/C46H52N8O3/c1-45(2,56)16-14-36-23-31(15-19-49-36)28-57-44-43(48)50-27-39(51-44)34-12-13-40(35(25-34)26-47)54-21-17-46(18-22-54)29-53(30-46)20-4-3-11-41(55)52-42-37-9-5-7-32(37)24-33-8-6-10-38(33)42/h12-13,15,19,23-25,27,56H,3-11,17-18,20-22,28-30H2,1-2H3,(H2,48,50)(H,52,55). The second-order valence-corrected chi connectivity index (χ2v) is 16.9. The summed E-state index contributed by atoms with van der Waals surface area (Å²) < 4.78 is 5.97. The number of benzene rings is 2. The van der Waals surface area contributed by atoms with Crippen LogP contribution in [-0.4, -0.2) is 69.2 Å². The van der Waals surface area contributed by atoms with Gasteiger partial charge in [0.1, 0.15) is 24.0 Å². The fraction of sp³-hybridized carbons (Fsp3) is 0.457. The molecule has 2 saturated heterocycles. The third kappa shape index (κ3) is 8.76. The summed E-state index contributed by atoms with van der Waals surface area (Å²) in [6, 6.07) is 14.3. The van der Waals surface area contributed by atoms with Gasteiger partial charge in [-0.2, -0.15) is 5.26 Å². The van der Waals surface area contributed by atoms with Gasteiger partial charge in [0.05, 0.1) is 23.1 Å². The maximum absolute atomic E-state index is 13.0. The minimum Gasteiger partial charge on any atom is -0.470 e. The number of rotatable bonds is 11. The van der Waals surface area contributed by atoms with Crippen LogP contribution in [0.3, 0.4) is 0 Å². The number of anilines is 3. The van der Waals surface area contributed by atoms with Gasteiger partial charge in [0.25, 0.3) is 5.88 Å². The van der Waals surface area contributed by atoms with Gasteiger partial charge >= 0.3 is 0 Å². The van der Waals surface area contributed by atoms with E-state index in [1.165, 1.54) is 35.1 Å². The molecule has 57 heavy (non-hydrogen) atoms. The average molecular weight is 765 g/mol. The second-order valence-electron chi connectivity index (χ2n) is 16.9. The highest BCUT2D eigenvalue weighted by Gasteiger charge is 2.44. The van der Waals surface area contributed by atoms with E-state index in [4.69, 9.17) is 10.5 Å². The Morgan fingerprint density at radius 3 is 2.49 bits per heavy atom. The topological polar surface area (TPSA) is 154 Å². The van der Waals surface area contributed by atoms with Crippen molar-refractivity contribution < 1.29 is 14.6 Å². The molecule has 1 amide bonds. The number of nitrogens with one attached hydrogen (secondary N) is 1. The number of amides is 1. The van der Waals surface area contributed by atoms with E-state index in [9.17, 15) is 15.2 Å². The lowest BCUT2D eigenvalue weighted by atomic mass is 9.72. The molecule has 4 aromatic rings. The monoisotopic (exact) mass is 764 g/mol. The minimum absolute atomic E-state index is 0.166. The Hall–Kier alpha value is -5.49. The maximum Gasteiger partial charge on any atom is 0.258 e. The molecular formula is C46H52N8O3. The molecule has 4 N–H and O–H groups in total. The summed E-state index contributed by atoms with van der Waals surface area (Å²) >= 11 is 0. The number of ether oxygens (including phenoxy) is 1. The lowest BCUT2D eigenvalue weighted by molar-refractivity contribution is -0.116. The highest BCUT2D eigenvalue weighted by Crippen LogP contribution is 2.43. The van der Waals surface area contributed by atoms with Gasteiger partial charge in [-0.25, -0.2) is 15.0 Å². The lowest BCUT2D eigenvalue weighted by Gasteiger charge is -2.54. The molecule has 8 rings (SSSR count). The largest absolute Gasteiger partial charge is 0.470 e. The zero-order valence-electron chi connectivity index (χ0n) is 33.2. The first-order chi connectivity index (χ1) is 27.5. The minimum atomic E-state index is -1.12. The van der Waals surface area contributed by atoms with Crippen LogP contribution in [0.15, 0.2) is 48.8 Å². The van der Waals surface area contributed by atoms with Crippen molar-refractivity contribution in [2.75, 3.05) is 48.7 Å². The van der Waals surface area contributed by atoms with Crippen LogP contribution in [-0.2, 0) is 37.1 Å². The second kappa shape index (κ2) is 16.2. The van der Waals surface area contributed by atoms with E-state index in [2.05, 4.69) is 54.0 Å². The summed E-state index contributed by atoms with van der Waals surface area (Å²) in [5, 5.41) is 23.5. The molecule has 2 aliphatic carbocycles. The number of fused-ring (bicyclic) bond motifs is 2. The van der Waals surface area contributed by atoms with Gasteiger partial charge in [0.15, 0.2) is 5.82 Å². The van der Waals surface area contributed by atoms with E-state index in [-0.39, 0.29) is 24.2 Å². The average Bonchev–Trinajstić information content (AvgIpc) is 3.88. The molecule has 0 bridgehead atoms. The van der Waals surface area contributed by atoms with Gasteiger partial charge < -0.3 is 30.7 Å². The van der Waals surface area contributed by atoms with Crippen LogP contribution in [0.25, 0.3) is 11.3 Å². The molecule has 2 fully saturated rings. The summed E-state index contributed by atoms with van der Waals surface area (Å²) in [7, 11) is 0. The van der Waals surface area contributed by atoms with Gasteiger partial charge in [-0.05, 0) is 148 Å². The van der Waals surface area contributed by atoms with E-state index < -0.39 is 5.60 Å². The summed E-state index contributed by atoms with van der Waals surface area (Å²) in [6.07, 6.45) is 14.8. The normalized spacial score (nSPS) is 16.9. The lowest BCUT2D eigenvalue weighted by Crippen LogP contribution is -2.60. The highest BCUT2D eigenvalue weighted by atomic mass is 16.5. The van der Waals surface area contributed by atoms with Crippen LogP contribution in [0.5, 0.6) is 5.88 Å². The van der Waals surface area contributed by atoms with Crippen LogP contribution in [0.1, 0.15) is 97.9 Å². The van der Waals surface area contributed by atoms with Crippen molar-refractivity contribution in [2.24, 2.45) is 5.41 Å². The van der Waals surface area contributed by atoms with Gasteiger partial charge in [0.2, 0.25) is 5.91 Å². The molecule has 4 heterocycles. The predicted molar refractivity (Wildman–Crippen MR) is 222 cm³/mol. The van der Waals surface area contributed by atoms with Crippen molar-refractivity contribution in [3.05, 3.63) is 87.9 Å². The fourth-order valence-electron chi connectivity index (χ4n) is 9.08. The van der Waals surface area contributed by atoms with E-state index in [1.54, 1.807) is 32.3 Å². The molecule has 2 aromatic carbocycles. The summed E-state index contributed by atoms with van der Waals surface area (Å²) in [4.78, 5) is 31.1. The zero-order valence-corrected chi connectivity index (χ0v) is 33.2. The third-order valence-electron chi connectivity index (χ3n) is 12.0. The van der Waals surface area contributed by atoms with Crippen LogP contribution in [0.2, 0.25) is 0 Å². The van der Waals surface area contributed by atoms with Crippen LogP contribution in [0, 0.1) is 28.6 Å². The quantitative estimate of drug-likeness (QED) is 0.116. The van der Waals surface area contributed by atoms with Gasteiger partial charge in [-0.15, -0.1) is 0 Å². The van der Waals surface area contributed by atoms with Crippen molar-refractivity contribution >= 4 is 23.1 Å². The number of nitrogens with two attached hydrogens (primary N) is 1. The molecule has 294 valence electrons. The number of nitrogens with zero attached hydrogens (tertiary/aromatic N) is 6. The number of aliphatic hydroxyl groups is 1. The number of carbonyl (C=O) groups is 1. The molecule has 11 nitrogen and oxygen atoms in total. The molecule has 1 spiro atoms. The molecule has 2 aromatic heterocycles. The Balaban J connectivity index is 0.802. The smallest absolute Gasteiger partial charge is 0.258 e.